The molecule has 0 aromatic rings. The molecular formula is C8H18N2S. The van der Waals surface area contributed by atoms with Crippen molar-refractivity contribution in [2.45, 2.75) is 18.6 Å². The highest BCUT2D eigenvalue weighted by Gasteiger charge is 2.25. The molecule has 1 aliphatic rings. The normalized spacial score (nSPS) is 25.4. The molecule has 11 heavy (non-hydrogen) atoms. The van der Waals surface area contributed by atoms with Gasteiger partial charge in [-0.25, -0.2) is 0 Å². The lowest BCUT2D eigenvalue weighted by Gasteiger charge is -2.37. The smallest absolute Gasteiger partial charge is 0.0231 e. The van der Waals surface area contributed by atoms with E-state index in [2.05, 4.69) is 30.5 Å². The van der Waals surface area contributed by atoms with Crippen LogP contribution in [0.5, 0.6) is 0 Å². The summed E-state index contributed by atoms with van der Waals surface area (Å²) in [6.07, 6.45) is 0. The first-order chi connectivity index (χ1) is 5.14. The van der Waals surface area contributed by atoms with Gasteiger partial charge in [-0.15, -0.1) is 0 Å². The number of nitrogens with two attached hydrogens (primary N) is 1. The number of hydrogen-bond acceptors (Lipinski definition) is 3. The first-order valence-corrected chi connectivity index (χ1v) is 5.19. The van der Waals surface area contributed by atoms with Gasteiger partial charge in [-0.05, 0) is 13.8 Å². The summed E-state index contributed by atoms with van der Waals surface area (Å²) in [7, 11) is 0. The zero-order chi connectivity index (χ0) is 8.32. The van der Waals surface area contributed by atoms with Crippen LogP contribution in [0.1, 0.15) is 13.8 Å². The lowest BCUT2D eigenvalue weighted by Crippen LogP contribution is -2.44. The molecule has 1 fully saturated rings. The maximum atomic E-state index is 5.50. The fourth-order valence-corrected chi connectivity index (χ4v) is 2.66. The highest BCUT2D eigenvalue weighted by atomic mass is 32.2. The Bertz CT molecular complexity index is 123. The summed E-state index contributed by atoms with van der Waals surface area (Å²) >= 11 is 2.07. The second-order valence-corrected chi connectivity index (χ2v) is 5.48. The Morgan fingerprint density at radius 2 is 2.27 bits per heavy atom. The molecule has 0 bridgehead atoms. The Morgan fingerprint density at radius 3 is 2.82 bits per heavy atom. The Kier molecular flexibility index (Phi) is 3.22. The van der Waals surface area contributed by atoms with Gasteiger partial charge in [0.2, 0.25) is 0 Å². The van der Waals surface area contributed by atoms with Crippen LogP contribution >= 0.6 is 11.8 Å². The molecule has 3 heteroatoms. The van der Waals surface area contributed by atoms with Crippen LogP contribution in [0.3, 0.4) is 0 Å². The van der Waals surface area contributed by atoms with E-state index in [9.17, 15) is 0 Å². The van der Waals surface area contributed by atoms with Gasteiger partial charge in [0.05, 0.1) is 0 Å². The molecule has 1 rings (SSSR count). The summed E-state index contributed by atoms with van der Waals surface area (Å²) in [6.45, 7) is 8.87. The van der Waals surface area contributed by atoms with Crippen molar-refractivity contribution in [3.63, 3.8) is 0 Å². The maximum Gasteiger partial charge on any atom is 0.0231 e. The van der Waals surface area contributed by atoms with Gasteiger partial charge in [0.15, 0.2) is 0 Å². The molecule has 2 N–H and O–H groups in total. The summed E-state index contributed by atoms with van der Waals surface area (Å²) in [5.41, 5.74) is 5.50. The Labute approximate surface area is 73.5 Å². The summed E-state index contributed by atoms with van der Waals surface area (Å²) in [4.78, 5) is 2.45. The minimum atomic E-state index is 0.438. The van der Waals surface area contributed by atoms with Crippen molar-refractivity contribution in [3.8, 4) is 0 Å². The standard InChI is InChI=1S/C8H18N2S/c1-8(2)7-10(4-3-9)5-6-11-8/h3-7,9H2,1-2H3. The third kappa shape index (κ3) is 3.01. The van der Waals surface area contributed by atoms with E-state index >= 15 is 0 Å². The molecule has 0 saturated carbocycles. The van der Waals surface area contributed by atoms with Gasteiger partial charge >= 0.3 is 0 Å². The average Bonchev–Trinajstić information content (AvgIpc) is 1.85. The van der Waals surface area contributed by atoms with E-state index in [1.165, 1.54) is 18.8 Å². The zero-order valence-corrected chi connectivity index (χ0v) is 8.28. The van der Waals surface area contributed by atoms with Crippen molar-refractivity contribution < 1.29 is 0 Å². The van der Waals surface area contributed by atoms with Gasteiger partial charge < -0.3 is 5.73 Å². The maximum absolute atomic E-state index is 5.50. The van der Waals surface area contributed by atoms with E-state index in [-0.39, 0.29) is 0 Å². The van der Waals surface area contributed by atoms with Crippen molar-refractivity contribution in [2.24, 2.45) is 5.73 Å². The largest absolute Gasteiger partial charge is 0.329 e. The Balaban J connectivity index is 2.34. The molecule has 0 amide bonds. The van der Waals surface area contributed by atoms with Crippen molar-refractivity contribution in [3.05, 3.63) is 0 Å². The van der Waals surface area contributed by atoms with Gasteiger partial charge in [-0.2, -0.15) is 11.8 Å². The van der Waals surface area contributed by atoms with E-state index in [0.29, 0.717) is 4.75 Å². The van der Waals surface area contributed by atoms with E-state index in [4.69, 9.17) is 5.73 Å². The van der Waals surface area contributed by atoms with Crippen LogP contribution in [0.15, 0.2) is 0 Å². The van der Waals surface area contributed by atoms with Crippen LogP contribution in [-0.2, 0) is 0 Å². The number of nitrogens with zero attached hydrogens (tertiary/aromatic N) is 1. The molecule has 0 aromatic carbocycles. The quantitative estimate of drug-likeness (QED) is 0.670. The van der Waals surface area contributed by atoms with Gasteiger partial charge in [-0.1, -0.05) is 0 Å². The number of thioether (sulfide) groups is 1. The second-order valence-electron chi connectivity index (χ2n) is 3.67. The zero-order valence-electron chi connectivity index (χ0n) is 7.47. The van der Waals surface area contributed by atoms with Crippen molar-refractivity contribution in [1.82, 2.24) is 4.90 Å². The Morgan fingerprint density at radius 1 is 1.55 bits per heavy atom. The molecule has 1 heterocycles. The summed E-state index contributed by atoms with van der Waals surface area (Å²) in [5.74, 6) is 1.26. The van der Waals surface area contributed by atoms with E-state index in [1.807, 2.05) is 0 Å². The molecule has 0 aliphatic carbocycles. The third-order valence-electron chi connectivity index (χ3n) is 1.95. The summed E-state index contributed by atoms with van der Waals surface area (Å²) in [5, 5.41) is 0. The van der Waals surface area contributed by atoms with Gasteiger partial charge in [-0.3, -0.25) is 4.90 Å². The summed E-state index contributed by atoms with van der Waals surface area (Å²) in [6, 6.07) is 0. The van der Waals surface area contributed by atoms with Crippen LogP contribution < -0.4 is 5.73 Å². The molecule has 1 saturated heterocycles. The Hall–Kier alpha value is 0.270. The number of rotatable bonds is 2. The third-order valence-corrected chi connectivity index (χ3v) is 3.25. The lowest BCUT2D eigenvalue weighted by molar-refractivity contribution is 0.267. The molecule has 0 unspecified atom stereocenters. The fourth-order valence-electron chi connectivity index (χ4n) is 1.49. The monoisotopic (exact) mass is 174 g/mol. The van der Waals surface area contributed by atoms with Gasteiger partial charge in [0.1, 0.15) is 0 Å². The molecule has 0 spiro atoms. The van der Waals surface area contributed by atoms with Crippen molar-refractivity contribution in [2.75, 3.05) is 31.9 Å². The van der Waals surface area contributed by atoms with Crippen LogP contribution in [0.2, 0.25) is 0 Å². The molecule has 0 radical (unpaired) electrons. The molecule has 0 aromatic heterocycles. The van der Waals surface area contributed by atoms with E-state index in [0.717, 1.165) is 13.1 Å². The highest BCUT2D eigenvalue weighted by Crippen LogP contribution is 2.28. The average molecular weight is 174 g/mol. The lowest BCUT2D eigenvalue weighted by atomic mass is 10.2. The molecular weight excluding hydrogens is 156 g/mol. The van der Waals surface area contributed by atoms with Crippen molar-refractivity contribution >= 4 is 11.8 Å². The SMILES string of the molecule is CC1(C)CN(CCN)CCS1. The predicted octanol–water partition coefficient (Wildman–Crippen LogP) is 0.773. The first-order valence-electron chi connectivity index (χ1n) is 4.20. The summed E-state index contributed by atoms with van der Waals surface area (Å²) < 4.78 is 0.438. The van der Waals surface area contributed by atoms with Gasteiger partial charge in [0, 0.05) is 36.7 Å². The number of hydrogen-bond donors (Lipinski definition) is 1. The molecule has 0 atom stereocenters. The molecule has 1 aliphatic heterocycles. The topological polar surface area (TPSA) is 29.3 Å². The first kappa shape index (κ1) is 9.36. The molecule has 2 nitrogen and oxygen atoms in total. The predicted molar refractivity (Wildman–Crippen MR) is 52.0 cm³/mol. The van der Waals surface area contributed by atoms with Crippen LogP contribution in [0.4, 0.5) is 0 Å². The van der Waals surface area contributed by atoms with E-state index in [1.54, 1.807) is 0 Å². The highest BCUT2D eigenvalue weighted by molar-refractivity contribution is 8.00. The van der Waals surface area contributed by atoms with Crippen LogP contribution in [0.25, 0.3) is 0 Å². The van der Waals surface area contributed by atoms with Gasteiger partial charge in [0.25, 0.3) is 0 Å². The second kappa shape index (κ2) is 3.78. The van der Waals surface area contributed by atoms with Crippen molar-refractivity contribution in [1.29, 1.82) is 0 Å². The van der Waals surface area contributed by atoms with Crippen LogP contribution in [-0.4, -0.2) is 41.6 Å². The fraction of sp³-hybridized carbons (Fsp3) is 1.00. The molecule has 66 valence electrons. The minimum absolute atomic E-state index is 0.438. The minimum Gasteiger partial charge on any atom is -0.329 e. The van der Waals surface area contributed by atoms with E-state index < -0.39 is 0 Å². The van der Waals surface area contributed by atoms with Crippen LogP contribution in [0, 0.1) is 0 Å².